The summed E-state index contributed by atoms with van der Waals surface area (Å²) in [6, 6.07) is 4.59. The highest BCUT2D eigenvalue weighted by Crippen LogP contribution is 2.30. The summed E-state index contributed by atoms with van der Waals surface area (Å²) in [7, 11) is 1.25. The van der Waals surface area contributed by atoms with Crippen LogP contribution in [-0.2, 0) is 4.74 Å². The molecule has 0 saturated heterocycles. The van der Waals surface area contributed by atoms with E-state index in [-0.39, 0.29) is 11.1 Å². The maximum Gasteiger partial charge on any atom is 0.354 e. The van der Waals surface area contributed by atoms with Gasteiger partial charge in [0, 0.05) is 6.07 Å². The summed E-state index contributed by atoms with van der Waals surface area (Å²) in [5.41, 5.74) is 0.175. The predicted molar refractivity (Wildman–Crippen MR) is 78.2 cm³/mol. The number of aromatic nitrogens is 1. The van der Waals surface area contributed by atoms with Crippen LogP contribution in [0.25, 0.3) is 10.9 Å². The molecule has 0 unspecified atom stereocenters. The molecule has 6 heteroatoms. The summed E-state index contributed by atoms with van der Waals surface area (Å²) in [6.45, 7) is 4.54. The average molecular weight is 291 g/mol. The Morgan fingerprint density at radius 2 is 1.76 bits per heavy atom. The van der Waals surface area contributed by atoms with Gasteiger partial charge in [-0.2, -0.15) is 0 Å². The fraction of sp³-hybridized carbons (Fsp3) is 0.333. The number of carbonyl (C=O) groups excluding carboxylic acids is 1. The highest BCUT2D eigenvalue weighted by atomic mass is 16.5. The fourth-order valence-corrected chi connectivity index (χ4v) is 2.08. The molecule has 0 atom stereocenters. The van der Waals surface area contributed by atoms with Crippen molar-refractivity contribution in [2.75, 3.05) is 20.3 Å². The lowest BCUT2D eigenvalue weighted by Crippen LogP contribution is -2.13. The Morgan fingerprint density at radius 3 is 2.38 bits per heavy atom. The fourth-order valence-electron chi connectivity index (χ4n) is 2.08. The van der Waals surface area contributed by atoms with Crippen LogP contribution >= 0.6 is 0 Å². The number of fused-ring (bicyclic) bond motifs is 1. The molecule has 2 aromatic rings. The van der Waals surface area contributed by atoms with E-state index in [0.29, 0.717) is 35.6 Å². The van der Waals surface area contributed by atoms with Crippen LogP contribution in [0.2, 0.25) is 0 Å². The Kier molecular flexibility index (Phi) is 4.47. The Labute approximate surface area is 121 Å². The van der Waals surface area contributed by atoms with Crippen LogP contribution < -0.4 is 14.9 Å². The summed E-state index contributed by atoms with van der Waals surface area (Å²) in [6.07, 6.45) is 0. The summed E-state index contributed by atoms with van der Waals surface area (Å²) >= 11 is 0. The van der Waals surface area contributed by atoms with Gasteiger partial charge in [-0.1, -0.05) is 0 Å². The van der Waals surface area contributed by atoms with Crippen molar-refractivity contribution in [2.45, 2.75) is 13.8 Å². The number of benzene rings is 1. The van der Waals surface area contributed by atoms with Crippen molar-refractivity contribution in [2.24, 2.45) is 0 Å². The second kappa shape index (κ2) is 6.30. The minimum atomic E-state index is -0.613. The number of rotatable bonds is 5. The standard InChI is InChI=1S/C15H17NO5/c1-4-20-11-6-7-12(21-5-2)14-13(11)10(17)8-9(16-14)15(18)19-3/h6-8H,4-5H2,1-3H3,(H,16,17). The van der Waals surface area contributed by atoms with Gasteiger partial charge >= 0.3 is 5.97 Å². The first-order valence-electron chi connectivity index (χ1n) is 6.66. The number of aromatic amines is 1. The number of ether oxygens (including phenoxy) is 3. The van der Waals surface area contributed by atoms with Crippen LogP contribution in [0.1, 0.15) is 24.3 Å². The Bertz CT molecular complexity index is 720. The summed E-state index contributed by atoms with van der Waals surface area (Å²) in [5.74, 6) is 0.325. The Balaban J connectivity index is 2.77. The smallest absolute Gasteiger partial charge is 0.354 e. The molecular weight excluding hydrogens is 274 g/mol. The van der Waals surface area contributed by atoms with Crippen LogP contribution in [0.5, 0.6) is 11.5 Å². The molecule has 1 heterocycles. The minimum absolute atomic E-state index is 0.0737. The summed E-state index contributed by atoms with van der Waals surface area (Å²) in [4.78, 5) is 26.8. The third-order valence-corrected chi connectivity index (χ3v) is 2.92. The molecule has 21 heavy (non-hydrogen) atoms. The maximum absolute atomic E-state index is 12.3. The predicted octanol–water partition coefficient (Wildman–Crippen LogP) is 2.11. The van der Waals surface area contributed by atoms with Gasteiger partial charge in [0.05, 0.1) is 31.2 Å². The number of H-pyrrole nitrogens is 1. The van der Waals surface area contributed by atoms with Gasteiger partial charge in [0.25, 0.3) is 0 Å². The molecule has 1 aromatic carbocycles. The molecule has 1 aromatic heterocycles. The first kappa shape index (κ1) is 14.9. The lowest BCUT2D eigenvalue weighted by molar-refractivity contribution is 0.0594. The third-order valence-electron chi connectivity index (χ3n) is 2.92. The highest BCUT2D eigenvalue weighted by Gasteiger charge is 2.16. The zero-order chi connectivity index (χ0) is 15.4. The van der Waals surface area contributed by atoms with Gasteiger partial charge < -0.3 is 19.2 Å². The Morgan fingerprint density at radius 1 is 1.14 bits per heavy atom. The molecule has 0 aliphatic heterocycles. The Hall–Kier alpha value is -2.50. The van der Waals surface area contributed by atoms with Gasteiger partial charge in [0.2, 0.25) is 0 Å². The topological polar surface area (TPSA) is 77.6 Å². The summed E-state index contributed by atoms with van der Waals surface area (Å²) in [5, 5.41) is 0.357. The van der Waals surface area contributed by atoms with Crippen molar-refractivity contribution in [3.63, 3.8) is 0 Å². The van der Waals surface area contributed by atoms with Crippen LogP contribution in [0, 0.1) is 0 Å². The molecule has 0 amide bonds. The minimum Gasteiger partial charge on any atom is -0.493 e. The van der Waals surface area contributed by atoms with E-state index < -0.39 is 5.97 Å². The second-order valence-electron chi connectivity index (χ2n) is 4.22. The molecule has 0 radical (unpaired) electrons. The quantitative estimate of drug-likeness (QED) is 0.854. The highest BCUT2D eigenvalue weighted by molar-refractivity contribution is 5.95. The van der Waals surface area contributed by atoms with E-state index in [2.05, 4.69) is 9.72 Å². The molecule has 0 aliphatic carbocycles. The van der Waals surface area contributed by atoms with E-state index in [4.69, 9.17) is 9.47 Å². The molecule has 0 saturated carbocycles. The zero-order valence-electron chi connectivity index (χ0n) is 12.2. The lowest BCUT2D eigenvalue weighted by atomic mass is 10.1. The van der Waals surface area contributed by atoms with Crippen molar-refractivity contribution in [3.8, 4) is 11.5 Å². The second-order valence-corrected chi connectivity index (χ2v) is 4.22. The van der Waals surface area contributed by atoms with Gasteiger partial charge in [-0.3, -0.25) is 4.79 Å². The number of hydrogen-bond acceptors (Lipinski definition) is 5. The molecule has 2 rings (SSSR count). The van der Waals surface area contributed by atoms with E-state index in [9.17, 15) is 9.59 Å². The van der Waals surface area contributed by atoms with E-state index >= 15 is 0 Å². The zero-order valence-corrected chi connectivity index (χ0v) is 12.2. The van der Waals surface area contributed by atoms with Crippen molar-refractivity contribution >= 4 is 16.9 Å². The molecule has 112 valence electrons. The van der Waals surface area contributed by atoms with Gasteiger partial charge in [-0.15, -0.1) is 0 Å². The average Bonchev–Trinajstić information content (AvgIpc) is 2.48. The van der Waals surface area contributed by atoms with E-state index in [0.717, 1.165) is 0 Å². The number of methoxy groups -OCH3 is 1. The number of hydrogen-bond donors (Lipinski definition) is 1. The molecule has 6 nitrogen and oxygen atoms in total. The number of pyridine rings is 1. The van der Waals surface area contributed by atoms with Crippen LogP contribution in [-0.4, -0.2) is 31.3 Å². The third kappa shape index (κ3) is 2.84. The van der Waals surface area contributed by atoms with Crippen molar-refractivity contribution in [1.29, 1.82) is 0 Å². The van der Waals surface area contributed by atoms with Crippen molar-refractivity contribution in [3.05, 3.63) is 34.1 Å². The molecular formula is C15H17NO5. The normalized spacial score (nSPS) is 10.4. The largest absolute Gasteiger partial charge is 0.493 e. The van der Waals surface area contributed by atoms with E-state index in [1.165, 1.54) is 13.2 Å². The van der Waals surface area contributed by atoms with Gasteiger partial charge in [-0.25, -0.2) is 4.79 Å². The molecule has 0 aliphatic rings. The van der Waals surface area contributed by atoms with Crippen LogP contribution in [0.15, 0.2) is 23.0 Å². The monoisotopic (exact) mass is 291 g/mol. The lowest BCUT2D eigenvalue weighted by Gasteiger charge is -2.12. The molecule has 1 N–H and O–H groups in total. The number of esters is 1. The first-order valence-corrected chi connectivity index (χ1v) is 6.66. The SMILES string of the molecule is CCOc1ccc(OCC)c2c(=O)cc(C(=O)OC)[nH]c12. The van der Waals surface area contributed by atoms with Gasteiger partial charge in [0.1, 0.15) is 17.2 Å². The number of nitrogens with one attached hydrogen (secondary N) is 1. The first-order chi connectivity index (χ1) is 10.1. The molecule has 0 spiro atoms. The van der Waals surface area contributed by atoms with Crippen LogP contribution in [0.4, 0.5) is 0 Å². The van der Waals surface area contributed by atoms with Crippen LogP contribution in [0.3, 0.4) is 0 Å². The molecule has 0 fully saturated rings. The molecule has 0 bridgehead atoms. The summed E-state index contributed by atoms with van der Waals surface area (Å²) < 4.78 is 15.6. The van der Waals surface area contributed by atoms with E-state index in [1.54, 1.807) is 12.1 Å². The number of carbonyl (C=O) groups is 1. The maximum atomic E-state index is 12.3. The van der Waals surface area contributed by atoms with Crippen molar-refractivity contribution < 1.29 is 19.0 Å². The van der Waals surface area contributed by atoms with Gasteiger partial charge in [-0.05, 0) is 26.0 Å². The van der Waals surface area contributed by atoms with Crippen molar-refractivity contribution in [1.82, 2.24) is 4.98 Å². The van der Waals surface area contributed by atoms with E-state index in [1.807, 2.05) is 13.8 Å². The van der Waals surface area contributed by atoms with Gasteiger partial charge in [0.15, 0.2) is 5.43 Å².